The van der Waals surface area contributed by atoms with Gasteiger partial charge in [0.25, 0.3) is 0 Å². The standard InChI is InChI=1S/C16H23FN2O/c1-4-5-9-19-15(12-7-6-8-13(17)10-12)18-14(11(2)3)16(19)20/h6-8,10-11,14-15,18H,4-5,9H2,1-3H3. The fourth-order valence-electron chi connectivity index (χ4n) is 2.64. The second-order valence-corrected chi connectivity index (χ2v) is 5.73. The Morgan fingerprint density at radius 2 is 2.15 bits per heavy atom. The van der Waals surface area contributed by atoms with E-state index in [1.54, 1.807) is 6.07 Å². The number of hydrogen-bond donors (Lipinski definition) is 1. The smallest absolute Gasteiger partial charge is 0.241 e. The maximum Gasteiger partial charge on any atom is 0.241 e. The molecule has 0 aromatic heterocycles. The third kappa shape index (κ3) is 3.01. The van der Waals surface area contributed by atoms with Crippen molar-refractivity contribution in [3.63, 3.8) is 0 Å². The van der Waals surface area contributed by atoms with E-state index in [1.807, 2.05) is 24.8 Å². The molecule has 1 aliphatic heterocycles. The zero-order valence-electron chi connectivity index (χ0n) is 12.4. The van der Waals surface area contributed by atoms with E-state index < -0.39 is 0 Å². The molecule has 1 aromatic carbocycles. The lowest BCUT2D eigenvalue weighted by atomic mass is 10.1. The Bertz CT molecular complexity index is 475. The lowest BCUT2D eigenvalue weighted by Gasteiger charge is -2.24. The molecule has 0 aliphatic carbocycles. The third-order valence-electron chi connectivity index (χ3n) is 3.78. The summed E-state index contributed by atoms with van der Waals surface area (Å²) >= 11 is 0. The van der Waals surface area contributed by atoms with Crippen molar-refractivity contribution in [1.29, 1.82) is 0 Å². The van der Waals surface area contributed by atoms with E-state index in [9.17, 15) is 9.18 Å². The number of benzene rings is 1. The molecule has 1 fully saturated rings. The van der Waals surface area contributed by atoms with Crippen molar-refractivity contribution in [2.45, 2.75) is 45.8 Å². The highest BCUT2D eigenvalue weighted by atomic mass is 19.1. The molecule has 1 N–H and O–H groups in total. The van der Waals surface area contributed by atoms with E-state index >= 15 is 0 Å². The number of amides is 1. The van der Waals surface area contributed by atoms with Crippen LogP contribution in [0.25, 0.3) is 0 Å². The summed E-state index contributed by atoms with van der Waals surface area (Å²) in [6.45, 7) is 6.88. The summed E-state index contributed by atoms with van der Waals surface area (Å²) in [5.41, 5.74) is 0.817. The SMILES string of the molecule is CCCCN1C(=O)C(C(C)C)NC1c1cccc(F)c1. The van der Waals surface area contributed by atoms with Gasteiger partial charge in [0.05, 0.1) is 6.04 Å². The van der Waals surface area contributed by atoms with Gasteiger partial charge in [0.15, 0.2) is 0 Å². The number of hydrogen-bond acceptors (Lipinski definition) is 2. The van der Waals surface area contributed by atoms with Crippen molar-refractivity contribution < 1.29 is 9.18 Å². The number of nitrogens with one attached hydrogen (secondary N) is 1. The van der Waals surface area contributed by atoms with Gasteiger partial charge in [0.2, 0.25) is 5.91 Å². The summed E-state index contributed by atoms with van der Waals surface area (Å²) < 4.78 is 13.4. The summed E-state index contributed by atoms with van der Waals surface area (Å²) in [5.74, 6) is 0.0908. The Hall–Kier alpha value is -1.42. The van der Waals surface area contributed by atoms with Crippen LogP contribution in [0.5, 0.6) is 0 Å². The molecule has 0 saturated carbocycles. The van der Waals surface area contributed by atoms with Crippen LogP contribution in [0.4, 0.5) is 4.39 Å². The number of carbonyl (C=O) groups is 1. The van der Waals surface area contributed by atoms with Crippen molar-refractivity contribution >= 4 is 5.91 Å². The van der Waals surface area contributed by atoms with Crippen molar-refractivity contribution in [2.24, 2.45) is 5.92 Å². The predicted molar refractivity (Wildman–Crippen MR) is 77.5 cm³/mol. The van der Waals surface area contributed by atoms with Crippen molar-refractivity contribution in [1.82, 2.24) is 10.2 Å². The van der Waals surface area contributed by atoms with Gasteiger partial charge in [-0.05, 0) is 30.0 Å². The number of carbonyl (C=O) groups excluding carboxylic acids is 1. The fraction of sp³-hybridized carbons (Fsp3) is 0.562. The second-order valence-electron chi connectivity index (χ2n) is 5.73. The van der Waals surface area contributed by atoms with Gasteiger partial charge < -0.3 is 4.90 Å². The Morgan fingerprint density at radius 1 is 1.40 bits per heavy atom. The number of halogens is 1. The highest BCUT2D eigenvalue weighted by molar-refractivity contribution is 5.84. The molecular weight excluding hydrogens is 255 g/mol. The first-order valence-electron chi connectivity index (χ1n) is 7.36. The van der Waals surface area contributed by atoms with Crippen LogP contribution in [-0.4, -0.2) is 23.4 Å². The minimum Gasteiger partial charge on any atom is -0.322 e. The summed E-state index contributed by atoms with van der Waals surface area (Å²) in [6.07, 6.45) is 1.79. The highest BCUT2D eigenvalue weighted by Gasteiger charge is 2.40. The van der Waals surface area contributed by atoms with Crippen LogP contribution in [0.15, 0.2) is 24.3 Å². The first-order valence-corrected chi connectivity index (χ1v) is 7.36. The van der Waals surface area contributed by atoms with Crippen LogP contribution in [0.2, 0.25) is 0 Å². The molecule has 1 heterocycles. The minimum atomic E-state index is -0.264. The minimum absolute atomic E-state index is 0.128. The molecule has 2 atom stereocenters. The zero-order chi connectivity index (χ0) is 14.7. The first-order chi connectivity index (χ1) is 9.54. The number of rotatable bonds is 5. The Balaban J connectivity index is 2.26. The zero-order valence-corrected chi connectivity index (χ0v) is 12.4. The summed E-state index contributed by atoms with van der Waals surface area (Å²) in [5, 5.41) is 3.35. The van der Waals surface area contributed by atoms with Gasteiger partial charge in [0.1, 0.15) is 12.0 Å². The van der Waals surface area contributed by atoms with Gasteiger partial charge in [0, 0.05) is 6.54 Å². The van der Waals surface area contributed by atoms with Gasteiger partial charge in [-0.1, -0.05) is 39.3 Å². The highest BCUT2D eigenvalue weighted by Crippen LogP contribution is 2.28. The van der Waals surface area contributed by atoms with Gasteiger partial charge in [-0.2, -0.15) is 0 Å². The van der Waals surface area contributed by atoms with Crippen LogP contribution >= 0.6 is 0 Å². The molecular formula is C16H23FN2O. The summed E-state index contributed by atoms with van der Waals surface area (Å²) in [6, 6.07) is 6.32. The average Bonchev–Trinajstić information content (AvgIpc) is 2.74. The molecule has 110 valence electrons. The maximum absolute atomic E-state index is 13.4. The van der Waals surface area contributed by atoms with Crippen LogP contribution < -0.4 is 5.32 Å². The van der Waals surface area contributed by atoms with E-state index in [2.05, 4.69) is 12.2 Å². The molecule has 1 saturated heterocycles. The predicted octanol–water partition coefficient (Wildman–Crippen LogP) is 3.08. The van der Waals surface area contributed by atoms with Crippen molar-refractivity contribution in [3.8, 4) is 0 Å². The van der Waals surface area contributed by atoms with Crippen molar-refractivity contribution in [2.75, 3.05) is 6.54 Å². The molecule has 1 aliphatic rings. The van der Waals surface area contributed by atoms with Gasteiger partial charge in [-0.25, -0.2) is 4.39 Å². The summed E-state index contributed by atoms with van der Waals surface area (Å²) in [7, 11) is 0. The maximum atomic E-state index is 13.4. The second kappa shape index (κ2) is 6.35. The Kier molecular flexibility index (Phi) is 4.76. The molecule has 3 nitrogen and oxygen atoms in total. The van der Waals surface area contributed by atoms with Crippen LogP contribution in [0, 0.1) is 11.7 Å². The molecule has 2 rings (SSSR count). The third-order valence-corrected chi connectivity index (χ3v) is 3.78. The van der Waals surface area contributed by atoms with Crippen LogP contribution in [0.1, 0.15) is 45.3 Å². The van der Waals surface area contributed by atoms with E-state index in [0.717, 1.165) is 18.4 Å². The van der Waals surface area contributed by atoms with Crippen LogP contribution in [-0.2, 0) is 4.79 Å². The van der Waals surface area contributed by atoms with Gasteiger partial charge in [-0.3, -0.25) is 10.1 Å². The largest absolute Gasteiger partial charge is 0.322 e. The van der Waals surface area contributed by atoms with E-state index in [0.29, 0.717) is 6.54 Å². The van der Waals surface area contributed by atoms with E-state index in [4.69, 9.17) is 0 Å². The lowest BCUT2D eigenvalue weighted by molar-refractivity contribution is -0.130. The van der Waals surface area contributed by atoms with E-state index in [-0.39, 0.29) is 29.8 Å². The average molecular weight is 278 g/mol. The van der Waals surface area contributed by atoms with Gasteiger partial charge in [-0.15, -0.1) is 0 Å². The molecule has 4 heteroatoms. The number of nitrogens with zero attached hydrogens (tertiary/aromatic N) is 1. The molecule has 0 bridgehead atoms. The van der Waals surface area contributed by atoms with E-state index in [1.165, 1.54) is 12.1 Å². The number of unbranched alkanes of at least 4 members (excludes halogenated alkanes) is 1. The quantitative estimate of drug-likeness (QED) is 0.897. The Morgan fingerprint density at radius 3 is 2.75 bits per heavy atom. The Labute approximate surface area is 120 Å². The molecule has 2 unspecified atom stereocenters. The normalized spacial score (nSPS) is 22.9. The van der Waals surface area contributed by atoms with Crippen molar-refractivity contribution in [3.05, 3.63) is 35.6 Å². The molecule has 20 heavy (non-hydrogen) atoms. The molecule has 1 aromatic rings. The van der Waals surface area contributed by atoms with Gasteiger partial charge >= 0.3 is 0 Å². The monoisotopic (exact) mass is 278 g/mol. The lowest BCUT2D eigenvalue weighted by Crippen LogP contribution is -2.34. The summed E-state index contributed by atoms with van der Waals surface area (Å²) in [4.78, 5) is 14.3. The topological polar surface area (TPSA) is 32.3 Å². The first kappa shape index (κ1) is 15.0. The molecule has 1 amide bonds. The molecule has 0 radical (unpaired) electrons. The van der Waals surface area contributed by atoms with Crippen LogP contribution in [0.3, 0.4) is 0 Å². The molecule has 0 spiro atoms. The fourth-order valence-corrected chi connectivity index (χ4v) is 2.64.